The van der Waals surface area contributed by atoms with Gasteiger partial charge in [0.05, 0.1) is 5.69 Å². The summed E-state index contributed by atoms with van der Waals surface area (Å²) in [6, 6.07) is 8.07. The van der Waals surface area contributed by atoms with Crippen molar-refractivity contribution in [2.24, 2.45) is 0 Å². The van der Waals surface area contributed by atoms with Crippen LogP contribution in [0.5, 0.6) is 5.75 Å². The Kier molecular flexibility index (Phi) is 3.00. The smallest absolute Gasteiger partial charge is 0.178 e. The van der Waals surface area contributed by atoms with Crippen molar-refractivity contribution in [3.8, 4) is 5.75 Å². The molecule has 1 aromatic carbocycles. The van der Waals surface area contributed by atoms with E-state index in [-0.39, 0.29) is 12.4 Å². The zero-order valence-electron chi connectivity index (χ0n) is 8.56. The van der Waals surface area contributed by atoms with E-state index in [0.717, 1.165) is 5.56 Å². The fraction of sp³-hybridized carbons (Fsp3) is 0.0833. The number of pyridine rings is 1. The maximum Gasteiger partial charge on any atom is 0.178 e. The molecule has 0 spiro atoms. The van der Waals surface area contributed by atoms with E-state index in [0.29, 0.717) is 5.69 Å². The van der Waals surface area contributed by atoms with Gasteiger partial charge >= 0.3 is 0 Å². The van der Waals surface area contributed by atoms with Crippen molar-refractivity contribution in [1.29, 1.82) is 0 Å². The van der Waals surface area contributed by atoms with Crippen LogP contribution < -0.4 is 10.5 Å². The van der Waals surface area contributed by atoms with Crippen LogP contribution in [0.3, 0.4) is 0 Å². The van der Waals surface area contributed by atoms with Crippen molar-refractivity contribution in [2.45, 2.75) is 6.61 Å². The predicted molar refractivity (Wildman–Crippen MR) is 59.4 cm³/mol. The molecule has 0 aliphatic rings. The van der Waals surface area contributed by atoms with E-state index in [1.165, 1.54) is 6.07 Å². The van der Waals surface area contributed by atoms with E-state index in [2.05, 4.69) is 4.98 Å². The van der Waals surface area contributed by atoms with Crippen LogP contribution in [0.1, 0.15) is 5.56 Å². The van der Waals surface area contributed by atoms with Gasteiger partial charge in [-0.2, -0.15) is 0 Å². The number of nitrogens with two attached hydrogens (primary N) is 1. The standard InChI is InChI=1S/C12H11FN2O/c13-10-2-1-3-11(14)12(10)16-8-9-4-6-15-7-5-9/h1-7H,8,14H2. The number of rotatable bonds is 3. The van der Waals surface area contributed by atoms with Gasteiger partial charge in [-0.15, -0.1) is 0 Å². The quantitative estimate of drug-likeness (QED) is 0.804. The molecule has 0 saturated heterocycles. The number of aromatic nitrogens is 1. The monoisotopic (exact) mass is 218 g/mol. The van der Waals surface area contributed by atoms with Gasteiger partial charge in [-0.3, -0.25) is 4.98 Å². The molecule has 4 heteroatoms. The molecule has 16 heavy (non-hydrogen) atoms. The molecule has 0 bridgehead atoms. The van der Waals surface area contributed by atoms with Gasteiger partial charge in [0.25, 0.3) is 0 Å². The molecule has 0 saturated carbocycles. The highest BCUT2D eigenvalue weighted by atomic mass is 19.1. The first-order valence-electron chi connectivity index (χ1n) is 4.83. The van der Waals surface area contributed by atoms with Crippen molar-refractivity contribution in [1.82, 2.24) is 4.98 Å². The van der Waals surface area contributed by atoms with Gasteiger partial charge < -0.3 is 10.5 Å². The van der Waals surface area contributed by atoms with E-state index in [1.54, 1.807) is 36.7 Å². The maximum absolute atomic E-state index is 13.3. The van der Waals surface area contributed by atoms with Gasteiger partial charge in [0.2, 0.25) is 0 Å². The predicted octanol–water partition coefficient (Wildman–Crippen LogP) is 2.38. The topological polar surface area (TPSA) is 48.1 Å². The van der Waals surface area contributed by atoms with Crippen molar-refractivity contribution < 1.29 is 9.13 Å². The molecule has 0 aliphatic carbocycles. The molecule has 2 N–H and O–H groups in total. The molecule has 82 valence electrons. The first-order valence-corrected chi connectivity index (χ1v) is 4.83. The second kappa shape index (κ2) is 4.61. The summed E-state index contributed by atoms with van der Waals surface area (Å²) in [5.41, 5.74) is 6.82. The Bertz CT molecular complexity index is 453. The van der Waals surface area contributed by atoms with Crippen molar-refractivity contribution in [3.63, 3.8) is 0 Å². The number of hydrogen-bond acceptors (Lipinski definition) is 3. The van der Waals surface area contributed by atoms with Gasteiger partial charge in [0, 0.05) is 12.4 Å². The summed E-state index contributed by atoms with van der Waals surface area (Å²) in [6.07, 6.45) is 3.31. The summed E-state index contributed by atoms with van der Waals surface area (Å²) in [5, 5.41) is 0. The first-order chi connectivity index (χ1) is 7.77. The van der Waals surface area contributed by atoms with Crippen LogP contribution in [-0.2, 0) is 6.61 Å². The van der Waals surface area contributed by atoms with Crippen LogP contribution in [0.15, 0.2) is 42.7 Å². The molecule has 1 aromatic heterocycles. The maximum atomic E-state index is 13.3. The molecule has 0 fully saturated rings. The average Bonchev–Trinajstić information content (AvgIpc) is 2.30. The minimum atomic E-state index is -0.450. The zero-order chi connectivity index (χ0) is 11.4. The molecule has 0 unspecified atom stereocenters. The Hall–Kier alpha value is -2.10. The lowest BCUT2D eigenvalue weighted by Crippen LogP contribution is -2.00. The van der Waals surface area contributed by atoms with E-state index in [1.807, 2.05) is 0 Å². The Labute approximate surface area is 92.7 Å². The summed E-state index contributed by atoms with van der Waals surface area (Å²) in [6.45, 7) is 0.271. The normalized spacial score (nSPS) is 10.1. The molecule has 2 rings (SSSR count). The lowest BCUT2D eigenvalue weighted by Gasteiger charge is -2.09. The molecule has 0 aliphatic heterocycles. The van der Waals surface area contributed by atoms with Crippen LogP contribution in [0.25, 0.3) is 0 Å². The molecule has 3 nitrogen and oxygen atoms in total. The lowest BCUT2D eigenvalue weighted by atomic mass is 10.2. The summed E-state index contributed by atoms with van der Waals surface area (Å²) in [5.74, 6) is -0.353. The Morgan fingerprint density at radius 2 is 1.94 bits per heavy atom. The minimum Gasteiger partial charge on any atom is -0.484 e. The molecule has 0 atom stereocenters. The number of nitrogens with zero attached hydrogens (tertiary/aromatic N) is 1. The second-order valence-electron chi connectivity index (χ2n) is 3.30. The SMILES string of the molecule is Nc1cccc(F)c1OCc1ccncc1. The molecular weight excluding hydrogens is 207 g/mol. The zero-order valence-corrected chi connectivity index (χ0v) is 8.56. The van der Waals surface area contributed by atoms with Crippen LogP contribution in [0.2, 0.25) is 0 Å². The number of benzene rings is 1. The highest BCUT2D eigenvalue weighted by Gasteiger charge is 2.06. The third kappa shape index (κ3) is 2.28. The van der Waals surface area contributed by atoms with Gasteiger partial charge in [0.15, 0.2) is 11.6 Å². The highest BCUT2D eigenvalue weighted by Crippen LogP contribution is 2.25. The van der Waals surface area contributed by atoms with Crippen molar-refractivity contribution >= 4 is 5.69 Å². The summed E-state index contributed by atoms with van der Waals surface area (Å²) >= 11 is 0. The summed E-state index contributed by atoms with van der Waals surface area (Å²) in [4.78, 5) is 3.88. The third-order valence-electron chi connectivity index (χ3n) is 2.13. The van der Waals surface area contributed by atoms with Crippen molar-refractivity contribution in [2.75, 3.05) is 5.73 Å². The number of para-hydroxylation sites is 1. The summed E-state index contributed by atoms with van der Waals surface area (Å²) in [7, 11) is 0. The number of hydrogen-bond donors (Lipinski definition) is 1. The van der Waals surface area contributed by atoms with Crippen LogP contribution in [-0.4, -0.2) is 4.98 Å². The van der Waals surface area contributed by atoms with E-state index < -0.39 is 5.82 Å². The van der Waals surface area contributed by atoms with E-state index >= 15 is 0 Å². The third-order valence-corrected chi connectivity index (χ3v) is 2.13. The molecule has 0 amide bonds. The Morgan fingerprint density at radius 3 is 2.62 bits per heavy atom. The lowest BCUT2D eigenvalue weighted by molar-refractivity contribution is 0.292. The molecule has 1 heterocycles. The Morgan fingerprint density at radius 1 is 1.19 bits per heavy atom. The fourth-order valence-electron chi connectivity index (χ4n) is 1.31. The molecular formula is C12H11FN2O. The fourth-order valence-corrected chi connectivity index (χ4v) is 1.31. The van der Waals surface area contributed by atoms with Gasteiger partial charge in [-0.25, -0.2) is 4.39 Å². The van der Waals surface area contributed by atoms with Crippen LogP contribution in [0, 0.1) is 5.82 Å². The Balaban J connectivity index is 2.11. The van der Waals surface area contributed by atoms with E-state index in [9.17, 15) is 4.39 Å². The minimum absolute atomic E-state index is 0.0966. The molecule has 0 radical (unpaired) electrons. The number of anilines is 1. The van der Waals surface area contributed by atoms with Gasteiger partial charge in [0.1, 0.15) is 6.61 Å². The van der Waals surface area contributed by atoms with E-state index in [4.69, 9.17) is 10.5 Å². The first kappa shape index (κ1) is 10.4. The average molecular weight is 218 g/mol. The largest absolute Gasteiger partial charge is 0.484 e. The number of nitrogen functional groups attached to an aromatic ring is 1. The summed E-state index contributed by atoms with van der Waals surface area (Å²) < 4.78 is 18.7. The van der Waals surface area contributed by atoms with Gasteiger partial charge in [-0.1, -0.05) is 6.07 Å². The molecule has 2 aromatic rings. The number of ether oxygens (including phenoxy) is 1. The van der Waals surface area contributed by atoms with Crippen LogP contribution in [0.4, 0.5) is 10.1 Å². The number of halogens is 1. The second-order valence-corrected chi connectivity index (χ2v) is 3.30. The van der Waals surface area contributed by atoms with Gasteiger partial charge in [-0.05, 0) is 29.8 Å². The van der Waals surface area contributed by atoms with Crippen LogP contribution >= 0.6 is 0 Å². The van der Waals surface area contributed by atoms with Crippen molar-refractivity contribution in [3.05, 3.63) is 54.1 Å². The highest BCUT2D eigenvalue weighted by molar-refractivity contribution is 5.52.